The number of anilines is 1. The van der Waals surface area contributed by atoms with Gasteiger partial charge >= 0.3 is 5.69 Å². The number of fused-ring (bicyclic) bond motifs is 1. The number of hydrogen-bond donors (Lipinski definition) is 2. The summed E-state index contributed by atoms with van der Waals surface area (Å²) in [5.41, 5.74) is 5.12. The molecule has 2 aromatic carbocycles. The normalized spacial score (nSPS) is 13.3. The second-order valence-electron chi connectivity index (χ2n) is 8.26. The highest BCUT2D eigenvalue weighted by molar-refractivity contribution is 7.99. The summed E-state index contributed by atoms with van der Waals surface area (Å²) in [5, 5.41) is 0.666. The maximum Gasteiger partial charge on any atom is 0.330 e. The lowest BCUT2D eigenvalue weighted by molar-refractivity contribution is 0.102. The number of nitrogen functional groups attached to an aromatic ring is 1. The van der Waals surface area contributed by atoms with E-state index in [0.29, 0.717) is 16.5 Å². The van der Waals surface area contributed by atoms with Crippen LogP contribution in [0.3, 0.4) is 0 Å². The number of nitrogens with one attached hydrogen (secondary N) is 1. The Morgan fingerprint density at radius 2 is 1.83 bits per heavy atom. The number of aromatic amines is 1. The van der Waals surface area contributed by atoms with Gasteiger partial charge in [-0.2, -0.15) is 0 Å². The van der Waals surface area contributed by atoms with Crippen molar-refractivity contribution in [1.82, 2.24) is 19.1 Å². The summed E-state index contributed by atoms with van der Waals surface area (Å²) < 4.78 is 16.0. The van der Waals surface area contributed by atoms with Crippen molar-refractivity contribution in [3.8, 4) is 0 Å². The Morgan fingerprint density at radius 3 is 2.54 bits per heavy atom. The van der Waals surface area contributed by atoms with Gasteiger partial charge in [-0.3, -0.25) is 28.5 Å². The molecule has 0 saturated heterocycles. The number of halogens is 1. The summed E-state index contributed by atoms with van der Waals surface area (Å²) in [6.07, 6.45) is 1.49. The van der Waals surface area contributed by atoms with E-state index < -0.39 is 22.8 Å². The quantitative estimate of drug-likeness (QED) is 0.229. The van der Waals surface area contributed by atoms with E-state index in [4.69, 9.17) is 5.73 Å². The molecule has 11 heteroatoms. The number of benzene rings is 2. The van der Waals surface area contributed by atoms with Crippen molar-refractivity contribution in [2.75, 3.05) is 11.5 Å². The van der Waals surface area contributed by atoms with Crippen LogP contribution >= 0.6 is 11.8 Å². The smallest absolute Gasteiger partial charge is 0.330 e. The van der Waals surface area contributed by atoms with Crippen molar-refractivity contribution < 1.29 is 9.18 Å². The fourth-order valence-corrected chi connectivity index (χ4v) is 4.77. The van der Waals surface area contributed by atoms with Gasteiger partial charge in [-0.25, -0.2) is 14.2 Å². The van der Waals surface area contributed by atoms with E-state index in [1.165, 1.54) is 21.3 Å². The number of hydrogen-bond acceptors (Lipinski definition) is 7. The molecule has 4 aromatic rings. The molecule has 2 aromatic heterocycles. The third kappa shape index (κ3) is 4.42. The molecule has 5 rings (SSSR count). The molecule has 0 unspecified atom stereocenters. The first kappa shape index (κ1) is 22.8. The standard InChI is InChI=1S/C24H20FN5O4S/c25-14-7-5-13(6-8-14)11-29-22(33)16-3-1-2-4-17(16)27-24(29)35-12-18(31)19-20(26)30(15-9-10-15)23(34)28-21(19)32/h1-8,15H,9-12,26H2,(H,28,32,34). The van der Waals surface area contributed by atoms with Crippen LogP contribution in [0.4, 0.5) is 10.2 Å². The lowest BCUT2D eigenvalue weighted by atomic mass is 10.2. The van der Waals surface area contributed by atoms with Gasteiger partial charge in [0, 0.05) is 6.04 Å². The highest BCUT2D eigenvalue weighted by atomic mass is 32.2. The van der Waals surface area contributed by atoms with Gasteiger partial charge in [0.05, 0.1) is 23.2 Å². The number of H-pyrrole nitrogens is 1. The van der Waals surface area contributed by atoms with E-state index in [2.05, 4.69) is 9.97 Å². The third-order valence-corrected chi connectivity index (χ3v) is 6.76. The number of thioether (sulfide) groups is 1. The fourth-order valence-electron chi connectivity index (χ4n) is 3.90. The van der Waals surface area contributed by atoms with Crippen LogP contribution < -0.4 is 22.5 Å². The first-order valence-corrected chi connectivity index (χ1v) is 11.9. The second kappa shape index (κ2) is 8.99. The minimum atomic E-state index is -0.842. The maximum atomic E-state index is 13.4. The zero-order chi connectivity index (χ0) is 24.7. The minimum Gasteiger partial charge on any atom is -0.384 e. The largest absolute Gasteiger partial charge is 0.384 e. The van der Waals surface area contributed by atoms with Gasteiger partial charge in [0.1, 0.15) is 17.2 Å². The average Bonchev–Trinajstić information content (AvgIpc) is 3.66. The van der Waals surface area contributed by atoms with Gasteiger partial charge in [-0.05, 0) is 42.7 Å². The Bertz CT molecular complexity index is 1640. The van der Waals surface area contributed by atoms with Crippen LogP contribution in [-0.4, -0.2) is 30.6 Å². The predicted octanol–water partition coefficient (Wildman–Crippen LogP) is 2.33. The average molecular weight is 494 g/mol. The summed E-state index contributed by atoms with van der Waals surface area (Å²) in [6.45, 7) is 0.114. The summed E-state index contributed by atoms with van der Waals surface area (Å²) >= 11 is 0.985. The molecule has 2 heterocycles. The van der Waals surface area contributed by atoms with Crippen molar-refractivity contribution in [2.24, 2.45) is 0 Å². The molecule has 0 amide bonds. The van der Waals surface area contributed by atoms with Crippen LogP contribution in [0.1, 0.15) is 34.8 Å². The number of ketones is 1. The van der Waals surface area contributed by atoms with Crippen LogP contribution in [0.25, 0.3) is 10.9 Å². The molecule has 1 fully saturated rings. The number of carbonyl (C=O) groups excluding carboxylic acids is 1. The summed E-state index contributed by atoms with van der Waals surface area (Å²) in [7, 11) is 0. The van der Waals surface area contributed by atoms with Gasteiger partial charge in [-0.15, -0.1) is 0 Å². The third-order valence-electron chi connectivity index (χ3n) is 5.79. The van der Waals surface area contributed by atoms with Gasteiger partial charge in [0.2, 0.25) is 0 Å². The van der Waals surface area contributed by atoms with Gasteiger partial charge in [0.25, 0.3) is 11.1 Å². The van der Waals surface area contributed by atoms with Crippen molar-refractivity contribution in [1.29, 1.82) is 0 Å². The minimum absolute atomic E-state index is 0.114. The Balaban J connectivity index is 1.50. The Morgan fingerprint density at radius 1 is 1.11 bits per heavy atom. The van der Waals surface area contributed by atoms with Gasteiger partial charge in [0.15, 0.2) is 10.9 Å². The monoisotopic (exact) mass is 493 g/mol. The molecule has 1 saturated carbocycles. The number of aromatic nitrogens is 4. The zero-order valence-electron chi connectivity index (χ0n) is 18.4. The summed E-state index contributed by atoms with van der Waals surface area (Å²) in [6, 6.07) is 12.4. The number of para-hydroxylation sites is 1. The molecule has 35 heavy (non-hydrogen) atoms. The molecule has 1 aliphatic rings. The Labute approximate surface area is 201 Å². The van der Waals surface area contributed by atoms with Crippen LogP contribution in [0.15, 0.2) is 68.1 Å². The van der Waals surface area contributed by atoms with E-state index in [1.54, 1.807) is 36.4 Å². The van der Waals surface area contributed by atoms with E-state index in [1.807, 2.05) is 0 Å². The lowest BCUT2D eigenvalue weighted by Crippen LogP contribution is -2.36. The number of nitrogens with two attached hydrogens (primary N) is 1. The Hall–Kier alpha value is -3.99. The first-order chi connectivity index (χ1) is 16.8. The highest BCUT2D eigenvalue weighted by Crippen LogP contribution is 2.35. The first-order valence-electron chi connectivity index (χ1n) is 10.9. The number of rotatable bonds is 7. The van der Waals surface area contributed by atoms with Crippen LogP contribution in [0.5, 0.6) is 0 Å². The predicted molar refractivity (Wildman–Crippen MR) is 131 cm³/mol. The van der Waals surface area contributed by atoms with E-state index >= 15 is 0 Å². The Kier molecular flexibility index (Phi) is 5.85. The van der Waals surface area contributed by atoms with Crippen molar-refractivity contribution in [2.45, 2.75) is 30.6 Å². The van der Waals surface area contributed by atoms with Crippen molar-refractivity contribution in [3.05, 3.63) is 96.7 Å². The van der Waals surface area contributed by atoms with Crippen LogP contribution in [-0.2, 0) is 6.54 Å². The molecule has 3 N–H and O–H groups in total. The van der Waals surface area contributed by atoms with Gasteiger partial charge in [-0.1, -0.05) is 36.0 Å². The lowest BCUT2D eigenvalue weighted by Gasteiger charge is -2.14. The van der Waals surface area contributed by atoms with Crippen molar-refractivity contribution in [3.63, 3.8) is 0 Å². The molecular formula is C24H20FN5O4S. The molecular weight excluding hydrogens is 473 g/mol. The number of nitrogens with zero attached hydrogens (tertiary/aromatic N) is 3. The molecule has 9 nitrogen and oxygen atoms in total. The van der Waals surface area contributed by atoms with Crippen LogP contribution in [0.2, 0.25) is 0 Å². The number of carbonyl (C=O) groups is 1. The molecule has 0 radical (unpaired) electrons. The van der Waals surface area contributed by atoms with E-state index in [-0.39, 0.29) is 40.4 Å². The summed E-state index contributed by atoms with van der Waals surface area (Å²) in [5.74, 6) is -1.36. The van der Waals surface area contributed by atoms with Crippen LogP contribution in [0, 0.1) is 5.82 Å². The fraction of sp³-hybridized carbons (Fsp3) is 0.208. The zero-order valence-corrected chi connectivity index (χ0v) is 19.2. The number of Topliss-reactive ketones (excluding diaryl/α,β-unsaturated/α-hetero) is 1. The van der Waals surface area contributed by atoms with Gasteiger partial charge < -0.3 is 5.73 Å². The molecule has 1 aliphatic carbocycles. The molecule has 0 aliphatic heterocycles. The molecule has 0 bridgehead atoms. The second-order valence-corrected chi connectivity index (χ2v) is 9.20. The molecule has 178 valence electrons. The highest BCUT2D eigenvalue weighted by Gasteiger charge is 2.30. The maximum absolute atomic E-state index is 13.4. The van der Waals surface area contributed by atoms with E-state index in [9.17, 15) is 23.6 Å². The topological polar surface area (TPSA) is 133 Å². The molecule has 0 spiro atoms. The SMILES string of the molecule is Nc1c(C(=O)CSc2nc3ccccc3c(=O)n2Cc2ccc(F)cc2)c(=O)[nH]c(=O)n1C1CC1. The molecule has 0 atom stereocenters. The summed E-state index contributed by atoms with van der Waals surface area (Å²) in [4.78, 5) is 57.5. The van der Waals surface area contributed by atoms with E-state index in [0.717, 1.165) is 24.6 Å². The van der Waals surface area contributed by atoms with Crippen molar-refractivity contribution >= 4 is 34.3 Å².